The van der Waals surface area contributed by atoms with Gasteiger partial charge in [-0.05, 0) is 13.0 Å². The van der Waals surface area contributed by atoms with E-state index in [9.17, 15) is 4.79 Å². The number of ether oxygens (including phenoxy) is 3. The number of hydrogen-bond donors (Lipinski definition) is 2. The summed E-state index contributed by atoms with van der Waals surface area (Å²) in [5.74, 6) is 0.942. The van der Waals surface area contributed by atoms with E-state index in [0.717, 1.165) is 0 Å². The Morgan fingerprint density at radius 2 is 1.95 bits per heavy atom. The van der Waals surface area contributed by atoms with Crippen molar-refractivity contribution in [1.82, 2.24) is 5.32 Å². The van der Waals surface area contributed by atoms with Crippen molar-refractivity contribution in [3.63, 3.8) is 0 Å². The number of methoxy groups -OCH3 is 2. The Balaban J connectivity index is 2.66. The van der Waals surface area contributed by atoms with Gasteiger partial charge < -0.3 is 24.8 Å². The predicted octanol–water partition coefficient (Wildman–Crippen LogP) is 2.52. The first-order valence-electron chi connectivity index (χ1n) is 6.16. The van der Waals surface area contributed by atoms with Crippen LogP contribution in [0.1, 0.15) is 6.92 Å². The van der Waals surface area contributed by atoms with Crippen LogP contribution in [0.15, 0.2) is 12.1 Å². The normalized spacial score (nSPS) is 10.0. The molecule has 0 spiro atoms. The molecule has 0 saturated heterocycles. The Morgan fingerprint density at radius 1 is 1.25 bits per heavy atom. The van der Waals surface area contributed by atoms with Gasteiger partial charge in [0.25, 0.3) is 0 Å². The molecule has 1 aromatic carbocycles. The highest BCUT2D eigenvalue weighted by atomic mass is 35.5. The van der Waals surface area contributed by atoms with E-state index in [2.05, 4.69) is 10.6 Å². The SMILES string of the molecule is CCOCCNC(=O)Nc1cc(Cl)c(OC)cc1OC. The van der Waals surface area contributed by atoms with E-state index in [0.29, 0.717) is 42.0 Å². The second-order valence-electron chi connectivity index (χ2n) is 3.76. The van der Waals surface area contributed by atoms with Crippen molar-refractivity contribution in [2.24, 2.45) is 0 Å². The maximum atomic E-state index is 11.7. The van der Waals surface area contributed by atoms with Gasteiger partial charge in [0.1, 0.15) is 11.5 Å². The van der Waals surface area contributed by atoms with Crippen molar-refractivity contribution in [2.45, 2.75) is 6.92 Å². The number of halogens is 1. The molecule has 0 atom stereocenters. The van der Waals surface area contributed by atoms with Crippen LogP contribution in [0.25, 0.3) is 0 Å². The Labute approximate surface area is 123 Å². The summed E-state index contributed by atoms with van der Waals surface area (Å²) in [7, 11) is 3.01. The van der Waals surface area contributed by atoms with Crippen LogP contribution in [0.4, 0.5) is 10.5 Å². The molecule has 0 aliphatic heterocycles. The number of rotatable bonds is 7. The molecule has 6 nitrogen and oxygen atoms in total. The summed E-state index contributed by atoms with van der Waals surface area (Å²) in [5.41, 5.74) is 0.465. The first-order chi connectivity index (χ1) is 9.62. The number of hydrogen-bond acceptors (Lipinski definition) is 4. The lowest BCUT2D eigenvalue weighted by atomic mass is 10.2. The Kier molecular flexibility index (Phi) is 6.97. The molecule has 2 N–H and O–H groups in total. The van der Waals surface area contributed by atoms with Crippen LogP contribution in [-0.4, -0.2) is 40.0 Å². The topological polar surface area (TPSA) is 68.8 Å². The van der Waals surface area contributed by atoms with Crippen LogP contribution >= 0.6 is 11.6 Å². The van der Waals surface area contributed by atoms with Gasteiger partial charge in [0.15, 0.2) is 0 Å². The molecule has 1 aromatic rings. The molecule has 0 radical (unpaired) electrons. The molecular weight excluding hydrogens is 284 g/mol. The van der Waals surface area contributed by atoms with Crippen molar-refractivity contribution in [3.05, 3.63) is 17.2 Å². The fourth-order valence-electron chi connectivity index (χ4n) is 1.51. The molecule has 2 amide bonds. The molecule has 0 unspecified atom stereocenters. The zero-order valence-electron chi connectivity index (χ0n) is 11.8. The second-order valence-corrected chi connectivity index (χ2v) is 4.17. The van der Waals surface area contributed by atoms with Gasteiger partial charge >= 0.3 is 6.03 Å². The highest BCUT2D eigenvalue weighted by Gasteiger charge is 2.12. The number of urea groups is 1. The summed E-state index contributed by atoms with van der Waals surface area (Å²) < 4.78 is 15.4. The zero-order chi connectivity index (χ0) is 15.0. The third-order valence-corrected chi connectivity index (χ3v) is 2.75. The first-order valence-corrected chi connectivity index (χ1v) is 6.54. The van der Waals surface area contributed by atoms with E-state index in [1.165, 1.54) is 14.2 Å². The van der Waals surface area contributed by atoms with E-state index in [4.69, 9.17) is 25.8 Å². The number of nitrogens with one attached hydrogen (secondary N) is 2. The molecule has 0 saturated carbocycles. The van der Waals surface area contributed by atoms with Crippen LogP contribution in [-0.2, 0) is 4.74 Å². The van der Waals surface area contributed by atoms with Crippen molar-refractivity contribution < 1.29 is 19.0 Å². The van der Waals surface area contributed by atoms with Gasteiger partial charge in [-0.1, -0.05) is 11.6 Å². The van der Waals surface area contributed by atoms with Gasteiger partial charge in [-0.3, -0.25) is 0 Å². The van der Waals surface area contributed by atoms with Crippen molar-refractivity contribution in [1.29, 1.82) is 0 Å². The maximum absolute atomic E-state index is 11.7. The van der Waals surface area contributed by atoms with E-state index in [-0.39, 0.29) is 6.03 Å². The fourth-order valence-corrected chi connectivity index (χ4v) is 1.75. The third kappa shape index (κ3) is 4.79. The summed E-state index contributed by atoms with van der Waals surface area (Å²) in [6, 6.07) is 2.82. The number of carbonyl (C=O) groups is 1. The number of amides is 2. The first kappa shape index (κ1) is 16.4. The third-order valence-electron chi connectivity index (χ3n) is 2.46. The van der Waals surface area contributed by atoms with Crippen LogP contribution < -0.4 is 20.1 Å². The van der Waals surface area contributed by atoms with Gasteiger partial charge in [0.2, 0.25) is 0 Å². The van der Waals surface area contributed by atoms with Crippen LogP contribution in [0, 0.1) is 0 Å². The lowest BCUT2D eigenvalue weighted by Gasteiger charge is -2.13. The Hall–Kier alpha value is -1.66. The fraction of sp³-hybridized carbons (Fsp3) is 0.462. The quantitative estimate of drug-likeness (QED) is 0.759. The van der Waals surface area contributed by atoms with Crippen LogP contribution in [0.2, 0.25) is 5.02 Å². The van der Waals surface area contributed by atoms with Gasteiger partial charge in [-0.15, -0.1) is 0 Å². The average Bonchev–Trinajstić information content (AvgIpc) is 2.44. The molecule has 0 fully saturated rings. The van der Waals surface area contributed by atoms with Gasteiger partial charge in [0, 0.05) is 19.2 Å². The Bertz CT molecular complexity index is 454. The second kappa shape index (κ2) is 8.50. The minimum absolute atomic E-state index is 0.357. The molecule has 0 aliphatic rings. The van der Waals surface area contributed by atoms with Crippen molar-refractivity contribution in [2.75, 3.05) is 39.3 Å². The number of benzene rings is 1. The Morgan fingerprint density at radius 3 is 2.55 bits per heavy atom. The number of carbonyl (C=O) groups excluding carboxylic acids is 1. The summed E-state index contributed by atoms with van der Waals surface area (Å²) in [6.45, 7) is 3.39. The number of anilines is 1. The molecule has 20 heavy (non-hydrogen) atoms. The van der Waals surface area contributed by atoms with Crippen molar-refractivity contribution >= 4 is 23.3 Å². The molecule has 0 bridgehead atoms. The van der Waals surface area contributed by atoms with Gasteiger partial charge in [-0.2, -0.15) is 0 Å². The summed E-state index contributed by atoms with van der Waals surface area (Å²) in [5, 5.41) is 5.71. The molecule has 0 heterocycles. The highest BCUT2D eigenvalue weighted by molar-refractivity contribution is 6.32. The van der Waals surface area contributed by atoms with E-state index in [1.54, 1.807) is 12.1 Å². The van der Waals surface area contributed by atoms with Crippen LogP contribution in [0.3, 0.4) is 0 Å². The minimum Gasteiger partial charge on any atom is -0.495 e. The lowest BCUT2D eigenvalue weighted by Crippen LogP contribution is -2.31. The van der Waals surface area contributed by atoms with Gasteiger partial charge in [-0.25, -0.2) is 4.79 Å². The van der Waals surface area contributed by atoms with Gasteiger partial charge in [0.05, 0.1) is 31.5 Å². The standard InChI is InChI=1S/C13H19ClN2O4/c1-4-20-6-5-15-13(17)16-10-7-9(14)11(18-2)8-12(10)19-3/h7-8H,4-6H2,1-3H3,(H2,15,16,17). The lowest BCUT2D eigenvalue weighted by molar-refractivity contribution is 0.150. The van der Waals surface area contributed by atoms with E-state index < -0.39 is 0 Å². The monoisotopic (exact) mass is 302 g/mol. The summed E-state index contributed by atoms with van der Waals surface area (Å²) in [4.78, 5) is 11.7. The molecule has 0 aromatic heterocycles. The van der Waals surface area contributed by atoms with E-state index in [1.807, 2.05) is 6.92 Å². The zero-order valence-corrected chi connectivity index (χ0v) is 12.5. The average molecular weight is 303 g/mol. The van der Waals surface area contributed by atoms with Crippen molar-refractivity contribution in [3.8, 4) is 11.5 Å². The summed E-state index contributed by atoms with van der Waals surface area (Å²) in [6.07, 6.45) is 0. The smallest absolute Gasteiger partial charge is 0.319 e. The van der Waals surface area contributed by atoms with E-state index >= 15 is 0 Å². The molecular formula is C13H19ClN2O4. The molecule has 112 valence electrons. The van der Waals surface area contributed by atoms with Crippen LogP contribution in [0.5, 0.6) is 11.5 Å². The largest absolute Gasteiger partial charge is 0.495 e. The molecule has 7 heteroatoms. The summed E-state index contributed by atoms with van der Waals surface area (Å²) >= 11 is 6.02. The molecule has 0 aliphatic carbocycles. The maximum Gasteiger partial charge on any atom is 0.319 e. The highest BCUT2D eigenvalue weighted by Crippen LogP contribution is 2.35. The minimum atomic E-state index is -0.357. The predicted molar refractivity (Wildman–Crippen MR) is 78.1 cm³/mol. The molecule has 1 rings (SSSR count).